The molecule has 0 amide bonds. The minimum absolute atomic E-state index is 0.0581. The molecule has 0 bridgehead atoms. The van der Waals surface area contributed by atoms with Crippen LogP contribution in [0.2, 0.25) is 0 Å². The van der Waals surface area contributed by atoms with Crippen molar-refractivity contribution < 1.29 is 0 Å². The second kappa shape index (κ2) is 10.3. The Morgan fingerprint density at radius 2 is 0.712 bits per heavy atom. The Balaban J connectivity index is 1.19. The third-order valence-electron chi connectivity index (χ3n) is 12.6. The molecule has 0 N–H and O–H groups in total. The fourth-order valence-corrected chi connectivity index (χ4v) is 10.3. The van der Waals surface area contributed by atoms with Gasteiger partial charge in [0.2, 0.25) is 0 Å². The van der Waals surface area contributed by atoms with Crippen LogP contribution in [-0.4, -0.2) is 0 Å². The molecule has 0 saturated carbocycles. The van der Waals surface area contributed by atoms with Crippen LogP contribution in [0.4, 0.5) is 0 Å². The third-order valence-corrected chi connectivity index (χ3v) is 12.6. The smallest absolute Gasteiger partial charge is 0.0165 e. The molecule has 0 aliphatic heterocycles. The molecule has 0 atom stereocenters. The molecular weight excluding hydrogens is 625 g/mol. The quantitative estimate of drug-likeness (QED) is 0.128. The Morgan fingerprint density at radius 3 is 1.33 bits per heavy atom. The number of fused-ring (bicyclic) bond motifs is 13. The average molecular weight is 663 g/mol. The van der Waals surface area contributed by atoms with Crippen molar-refractivity contribution in [1.82, 2.24) is 0 Å². The summed E-state index contributed by atoms with van der Waals surface area (Å²) in [7, 11) is 0. The summed E-state index contributed by atoms with van der Waals surface area (Å²) in [6, 6.07) is 59.6. The highest BCUT2D eigenvalue weighted by Gasteiger charge is 2.39. The van der Waals surface area contributed by atoms with Gasteiger partial charge in [0.1, 0.15) is 0 Å². The van der Waals surface area contributed by atoms with Gasteiger partial charge in [-0.3, -0.25) is 0 Å². The van der Waals surface area contributed by atoms with Gasteiger partial charge in [-0.05, 0) is 122 Å². The molecule has 0 heterocycles. The lowest BCUT2D eigenvalue weighted by Crippen LogP contribution is -2.15. The van der Waals surface area contributed by atoms with Crippen LogP contribution in [0.1, 0.15) is 49.9 Å². The summed E-state index contributed by atoms with van der Waals surface area (Å²) in [5, 5.41) is 10.5. The zero-order valence-corrected chi connectivity index (χ0v) is 30.0. The lowest BCUT2D eigenvalue weighted by Gasteiger charge is -2.24. The molecule has 11 rings (SSSR count). The average Bonchev–Trinajstić information content (AvgIpc) is 3.56. The van der Waals surface area contributed by atoms with Crippen molar-refractivity contribution in [2.45, 2.75) is 38.5 Å². The van der Waals surface area contributed by atoms with Crippen LogP contribution in [0.25, 0.3) is 87.6 Å². The summed E-state index contributed by atoms with van der Waals surface area (Å²) in [5.74, 6) is 0. The Labute approximate surface area is 305 Å². The van der Waals surface area contributed by atoms with Crippen LogP contribution in [-0.2, 0) is 10.8 Å². The summed E-state index contributed by atoms with van der Waals surface area (Å²) >= 11 is 0. The molecule has 0 radical (unpaired) electrons. The maximum atomic E-state index is 2.51. The van der Waals surface area contributed by atoms with Crippen LogP contribution >= 0.6 is 0 Å². The predicted molar refractivity (Wildman–Crippen MR) is 222 cm³/mol. The molecular formula is C52H38. The fourth-order valence-electron chi connectivity index (χ4n) is 10.3. The van der Waals surface area contributed by atoms with Crippen molar-refractivity contribution in [3.8, 4) is 44.5 Å². The first-order chi connectivity index (χ1) is 25.3. The van der Waals surface area contributed by atoms with Gasteiger partial charge in [-0.25, -0.2) is 0 Å². The SMILES string of the molecule is CC1(C)c2ccccc2-c2ccc(-c3c4ccccc4c(-c4ccc5c(c4)-c4c(c6ccccc6c6ccccc46)C5(C)C)c4ccccc34)cc21. The molecule has 246 valence electrons. The van der Waals surface area contributed by atoms with E-state index >= 15 is 0 Å². The molecule has 0 saturated heterocycles. The van der Waals surface area contributed by atoms with Gasteiger partial charge in [-0.15, -0.1) is 0 Å². The van der Waals surface area contributed by atoms with E-state index in [0.29, 0.717) is 0 Å². The third kappa shape index (κ3) is 3.77. The van der Waals surface area contributed by atoms with Gasteiger partial charge in [-0.1, -0.05) is 173 Å². The predicted octanol–water partition coefficient (Wildman–Crippen LogP) is 14.2. The lowest BCUT2D eigenvalue weighted by molar-refractivity contribution is 0.660. The highest BCUT2D eigenvalue weighted by Crippen LogP contribution is 2.56. The first kappa shape index (κ1) is 29.7. The summed E-state index contributed by atoms with van der Waals surface area (Å²) < 4.78 is 0. The van der Waals surface area contributed by atoms with E-state index < -0.39 is 0 Å². The maximum absolute atomic E-state index is 2.51. The van der Waals surface area contributed by atoms with Gasteiger partial charge < -0.3 is 0 Å². The zero-order chi connectivity index (χ0) is 34.9. The number of hydrogen-bond donors (Lipinski definition) is 0. The van der Waals surface area contributed by atoms with E-state index in [0.717, 1.165) is 0 Å². The van der Waals surface area contributed by atoms with Gasteiger partial charge in [0, 0.05) is 10.8 Å². The Hall–Kier alpha value is -5.98. The van der Waals surface area contributed by atoms with Gasteiger partial charge in [0.15, 0.2) is 0 Å². The lowest BCUT2D eigenvalue weighted by atomic mass is 9.79. The molecule has 9 aromatic carbocycles. The van der Waals surface area contributed by atoms with Gasteiger partial charge >= 0.3 is 0 Å². The van der Waals surface area contributed by atoms with Gasteiger partial charge in [0.05, 0.1) is 0 Å². The maximum Gasteiger partial charge on any atom is 0.0165 e. The van der Waals surface area contributed by atoms with Gasteiger partial charge in [-0.2, -0.15) is 0 Å². The van der Waals surface area contributed by atoms with Crippen molar-refractivity contribution in [2.75, 3.05) is 0 Å². The standard InChI is InChI=1S/C52H38/c1-51(2)44-24-14-13-17-35(44)36-27-25-32(30-46(36)51)48-40-21-10-8-19-38(40)47(39-20-9-11-22-41(39)48)31-26-28-45-43(29-31)49-37-18-7-5-15-33(37)34-16-6-12-23-42(34)50(49)52(45,3)4/h5-30H,1-4H3. The highest BCUT2D eigenvalue weighted by molar-refractivity contribution is 6.23. The van der Waals surface area contributed by atoms with Gasteiger partial charge in [0.25, 0.3) is 0 Å². The molecule has 0 heteroatoms. The monoisotopic (exact) mass is 662 g/mol. The molecule has 52 heavy (non-hydrogen) atoms. The van der Waals surface area contributed by atoms with E-state index in [-0.39, 0.29) is 10.8 Å². The summed E-state index contributed by atoms with van der Waals surface area (Å²) in [6.07, 6.45) is 0. The van der Waals surface area contributed by atoms with E-state index in [9.17, 15) is 0 Å². The van der Waals surface area contributed by atoms with E-state index in [1.807, 2.05) is 0 Å². The summed E-state index contributed by atoms with van der Waals surface area (Å²) in [4.78, 5) is 0. The van der Waals surface area contributed by atoms with Crippen LogP contribution in [0.15, 0.2) is 158 Å². The highest BCUT2D eigenvalue weighted by atomic mass is 14.4. The summed E-state index contributed by atoms with van der Waals surface area (Å²) in [6.45, 7) is 9.57. The minimum atomic E-state index is -0.123. The first-order valence-electron chi connectivity index (χ1n) is 18.6. The molecule has 0 unspecified atom stereocenters. The Kier molecular flexibility index (Phi) is 5.89. The van der Waals surface area contributed by atoms with Crippen LogP contribution in [0.3, 0.4) is 0 Å². The number of hydrogen-bond acceptors (Lipinski definition) is 0. The van der Waals surface area contributed by atoms with Crippen LogP contribution < -0.4 is 0 Å². The molecule has 2 aliphatic rings. The molecule has 9 aromatic rings. The number of benzene rings is 9. The topological polar surface area (TPSA) is 0 Å². The van der Waals surface area contributed by atoms with Crippen molar-refractivity contribution in [1.29, 1.82) is 0 Å². The zero-order valence-electron chi connectivity index (χ0n) is 30.0. The van der Waals surface area contributed by atoms with Crippen LogP contribution in [0, 0.1) is 0 Å². The van der Waals surface area contributed by atoms with E-state index in [2.05, 4.69) is 185 Å². The largest absolute Gasteiger partial charge is 0.0619 e. The second-order valence-corrected chi connectivity index (χ2v) is 16.0. The Morgan fingerprint density at radius 1 is 0.288 bits per heavy atom. The van der Waals surface area contributed by atoms with Crippen LogP contribution in [0.5, 0.6) is 0 Å². The molecule has 0 fully saturated rings. The summed E-state index contributed by atoms with van der Waals surface area (Å²) in [5.41, 5.74) is 16.1. The van der Waals surface area contributed by atoms with E-state index in [4.69, 9.17) is 0 Å². The second-order valence-electron chi connectivity index (χ2n) is 16.0. The number of rotatable bonds is 2. The normalized spacial score (nSPS) is 14.8. The van der Waals surface area contributed by atoms with Crippen molar-refractivity contribution in [3.05, 3.63) is 180 Å². The van der Waals surface area contributed by atoms with E-state index in [1.54, 1.807) is 0 Å². The van der Waals surface area contributed by atoms with E-state index in [1.165, 1.54) is 110 Å². The molecule has 2 aliphatic carbocycles. The van der Waals surface area contributed by atoms with Crippen molar-refractivity contribution in [2.24, 2.45) is 0 Å². The molecule has 0 nitrogen and oxygen atoms in total. The fraction of sp³-hybridized carbons (Fsp3) is 0.115. The first-order valence-corrected chi connectivity index (χ1v) is 18.6. The van der Waals surface area contributed by atoms with Crippen molar-refractivity contribution in [3.63, 3.8) is 0 Å². The minimum Gasteiger partial charge on any atom is -0.0619 e. The van der Waals surface area contributed by atoms with Crippen molar-refractivity contribution >= 4 is 43.1 Å². The molecule has 0 aromatic heterocycles. The molecule has 0 spiro atoms. The Bertz CT molecular complexity index is 2950.